The summed E-state index contributed by atoms with van der Waals surface area (Å²) in [5.41, 5.74) is 5.60. The van der Waals surface area contributed by atoms with Gasteiger partial charge in [-0.3, -0.25) is 4.90 Å². The normalized spacial score (nSPS) is 29.5. The first-order valence-corrected chi connectivity index (χ1v) is 8.24. The second-order valence-corrected chi connectivity index (χ2v) is 7.63. The van der Waals surface area contributed by atoms with Gasteiger partial charge in [0.2, 0.25) is 0 Å². The zero-order valence-electron chi connectivity index (χ0n) is 14.0. The average Bonchev–Trinajstić information content (AvgIpc) is 2.86. The van der Waals surface area contributed by atoms with Crippen LogP contribution in [0.25, 0.3) is 0 Å². The van der Waals surface area contributed by atoms with Crippen molar-refractivity contribution >= 4 is 6.09 Å². The number of piperidine rings is 1. The molecule has 0 spiro atoms. The van der Waals surface area contributed by atoms with Gasteiger partial charge in [-0.1, -0.05) is 0 Å². The smallest absolute Gasteiger partial charge is 0.410 e. The van der Waals surface area contributed by atoms with Crippen molar-refractivity contribution in [1.29, 1.82) is 0 Å². The Bertz CT molecular complexity index is 365. The molecule has 1 amide bonds. The van der Waals surface area contributed by atoms with E-state index in [2.05, 4.69) is 11.8 Å². The van der Waals surface area contributed by atoms with Crippen molar-refractivity contribution in [2.45, 2.75) is 64.6 Å². The number of nitrogens with zero attached hydrogens (tertiary/aromatic N) is 2. The van der Waals surface area contributed by atoms with E-state index in [0.717, 1.165) is 32.6 Å². The van der Waals surface area contributed by atoms with Gasteiger partial charge in [0.05, 0.1) is 0 Å². The van der Waals surface area contributed by atoms with Crippen LogP contribution in [0.5, 0.6) is 0 Å². The van der Waals surface area contributed by atoms with Gasteiger partial charge in [-0.05, 0) is 59.4 Å². The molecule has 0 aromatic carbocycles. The minimum Gasteiger partial charge on any atom is -0.444 e. The maximum Gasteiger partial charge on any atom is 0.410 e. The molecular formula is C16H31N3O2. The predicted octanol–water partition coefficient (Wildman–Crippen LogP) is 2.05. The summed E-state index contributed by atoms with van der Waals surface area (Å²) in [5, 5.41) is 0. The number of nitrogens with two attached hydrogens (primary N) is 1. The molecule has 0 bridgehead atoms. The van der Waals surface area contributed by atoms with E-state index in [0.29, 0.717) is 12.0 Å². The Morgan fingerprint density at radius 2 is 1.95 bits per heavy atom. The van der Waals surface area contributed by atoms with E-state index < -0.39 is 5.60 Å². The van der Waals surface area contributed by atoms with Crippen molar-refractivity contribution < 1.29 is 9.53 Å². The molecule has 3 atom stereocenters. The highest BCUT2D eigenvalue weighted by Gasteiger charge is 2.34. The van der Waals surface area contributed by atoms with E-state index in [-0.39, 0.29) is 12.1 Å². The lowest BCUT2D eigenvalue weighted by atomic mass is 10.0. The van der Waals surface area contributed by atoms with E-state index in [1.807, 2.05) is 25.7 Å². The summed E-state index contributed by atoms with van der Waals surface area (Å²) in [6, 6.07) is 0.732. The summed E-state index contributed by atoms with van der Waals surface area (Å²) in [6.45, 7) is 11.6. The highest BCUT2D eigenvalue weighted by Crippen LogP contribution is 2.25. The van der Waals surface area contributed by atoms with Gasteiger partial charge in [0.15, 0.2) is 0 Å². The van der Waals surface area contributed by atoms with Gasteiger partial charge in [-0.15, -0.1) is 0 Å². The fraction of sp³-hybridized carbons (Fsp3) is 0.938. The molecule has 5 heteroatoms. The zero-order chi connectivity index (χ0) is 15.6. The number of hydrogen-bond acceptors (Lipinski definition) is 4. The number of carbonyl (C=O) groups excluding carboxylic acids is 1. The van der Waals surface area contributed by atoms with Gasteiger partial charge in [0.25, 0.3) is 0 Å². The quantitative estimate of drug-likeness (QED) is 0.847. The Morgan fingerprint density at radius 1 is 1.24 bits per heavy atom. The van der Waals surface area contributed by atoms with Crippen LogP contribution in [0.3, 0.4) is 0 Å². The van der Waals surface area contributed by atoms with Crippen LogP contribution in [0, 0.1) is 5.92 Å². The van der Waals surface area contributed by atoms with Gasteiger partial charge < -0.3 is 15.4 Å². The number of amides is 1. The van der Waals surface area contributed by atoms with Crippen molar-refractivity contribution in [3.8, 4) is 0 Å². The molecule has 2 heterocycles. The average molecular weight is 297 g/mol. The molecule has 0 aliphatic carbocycles. The summed E-state index contributed by atoms with van der Waals surface area (Å²) < 4.78 is 5.50. The minimum absolute atomic E-state index is 0.171. The fourth-order valence-corrected chi connectivity index (χ4v) is 3.32. The van der Waals surface area contributed by atoms with Crippen LogP contribution in [0.2, 0.25) is 0 Å². The van der Waals surface area contributed by atoms with Crippen molar-refractivity contribution in [2.24, 2.45) is 11.7 Å². The molecule has 2 N–H and O–H groups in total. The van der Waals surface area contributed by atoms with Gasteiger partial charge >= 0.3 is 6.09 Å². The van der Waals surface area contributed by atoms with Crippen molar-refractivity contribution in [3.63, 3.8) is 0 Å². The molecule has 5 nitrogen and oxygen atoms in total. The molecule has 21 heavy (non-hydrogen) atoms. The summed E-state index contributed by atoms with van der Waals surface area (Å²) in [4.78, 5) is 16.6. The Morgan fingerprint density at radius 3 is 2.52 bits per heavy atom. The van der Waals surface area contributed by atoms with Crippen LogP contribution < -0.4 is 5.73 Å². The molecule has 3 unspecified atom stereocenters. The van der Waals surface area contributed by atoms with Crippen LogP contribution in [-0.4, -0.2) is 59.8 Å². The molecule has 122 valence electrons. The molecule has 0 radical (unpaired) electrons. The topological polar surface area (TPSA) is 58.8 Å². The van der Waals surface area contributed by atoms with E-state index >= 15 is 0 Å². The van der Waals surface area contributed by atoms with Crippen LogP contribution in [-0.2, 0) is 4.74 Å². The molecule has 2 saturated heterocycles. The number of ether oxygens (including phenoxy) is 1. The van der Waals surface area contributed by atoms with Crippen molar-refractivity contribution in [1.82, 2.24) is 9.80 Å². The van der Waals surface area contributed by atoms with Gasteiger partial charge in [-0.2, -0.15) is 0 Å². The Labute approximate surface area is 128 Å². The van der Waals surface area contributed by atoms with Gasteiger partial charge in [0.1, 0.15) is 5.60 Å². The molecule has 2 fully saturated rings. The monoisotopic (exact) mass is 297 g/mol. The second kappa shape index (κ2) is 6.53. The van der Waals surface area contributed by atoms with Gasteiger partial charge in [-0.25, -0.2) is 4.79 Å². The molecule has 2 rings (SSSR count). The summed E-state index contributed by atoms with van der Waals surface area (Å²) in [6.07, 6.45) is 3.24. The first kappa shape index (κ1) is 16.6. The Kier molecular flexibility index (Phi) is 5.15. The maximum absolute atomic E-state index is 12.2. The molecule has 2 aliphatic heterocycles. The summed E-state index contributed by atoms with van der Waals surface area (Å²) in [7, 11) is 0. The van der Waals surface area contributed by atoms with E-state index in [1.54, 1.807) is 0 Å². The third-order valence-electron chi connectivity index (χ3n) is 4.56. The molecule has 0 aromatic heterocycles. The lowest BCUT2D eigenvalue weighted by molar-refractivity contribution is 0.0121. The van der Waals surface area contributed by atoms with E-state index in [9.17, 15) is 4.79 Å². The number of hydrogen-bond donors (Lipinski definition) is 1. The fourth-order valence-electron chi connectivity index (χ4n) is 3.32. The molecular weight excluding hydrogens is 266 g/mol. The first-order valence-electron chi connectivity index (χ1n) is 8.24. The maximum atomic E-state index is 12.2. The molecule has 0 saturated carbocycles. The Hall–Kier alpha value is -0.810. The third kappa shape index (κ3) is 4.58. The van der Waals surface area contributed by atoms with Gasteiger partial charge in [0, 0.05) is 31.7 Å². The largest absolute Gasteiger partial charge is 0.444 e. The predicted molar refractivity (Wildman–Crippen MR) is 84.2 cm³/mol. The number of rotatable bonds is 2. The van der Waals surface area contributed by atoms with Crippen LogP contribution in [0.1, 0.15) is 47.0 Å². The lowest BCUT2D eigenvalue weighted by Crippen LogP contribution is -2.50. The molecule has 2 aliphatic rings. The van der Waals surface area contributed by atoms with E-state index in [1.165, 1.54) is 12.8 Å². The lowest BCUT2D eigenvalue weighted by Gasteiger charge is -2.38. The first-order chi connectivity index (χ1) is 9.76. The standard InChI is InChI=1S/C16H31N3O2/c1-12(17)13-7-9-18(10-13)14-6-5-8-19(11-14)15(20)21-16(2,3)4/h12-14H,5-11,17H2,1-4H3. The van der Waals surface area contributed by atoms with Crippen LogP contribution in [0.4, 0.5) is 4.79 Å². The minimum atomic E-state index is -0.419. The van der Waals surface area contributed by atoms with Crippen LogP contribution in [0.15, 0.2) is 0 Å². The summed E-state index contributed by atoms with van der Waals surface area (Å²) >= 11 is 0. The zero-order valence-corrected chi connectivity index (χ0v) is 14.0. The SMILES string of the molecule is CC(N)C1CCN(C2CCCN(C(=O)OC(C)(C)C)C2)C1. The highest BCUT2D eigenvalue weighted by molar-refractivity contribution is 5.68. The Balaban J connectivity index is 1.88. The number of carbonyl (C=O) groups is 1. The second-order valence-electron chi connectivity index (χ2n) is 7.63. The third-order valence-corrected chi connectivity index (χ3v) is 4.56. The highest BCUT2D eigenvalue weighted by atomic mass is 16.6. The van der Waals surface area contributed by atoms with Crippen molar-refractivity contribution in [3.05, 3.63) is 0 Å². The number of likely N-dealkylation sites (tertiary alicyclic amines) is 2. The summed E-state index contributed by atoms with van der Waals surface area (Å²) in [5.74, 6) is 0.599. The van der Waals surface area contributed by atoms with Crippen molar-refractivity contribution in [2.75, 3.05) is 26.2 Å². The molecule has 0 aromatic rings. The van der Waals surface area contributed by atoms with E-state index in [4.69, 9.17) is 10.5 Å². The van der Waals surface area contributed by atoms with Crippen LogP contribution >= 0.6 is 0 Å².